The smallest absolute Gasteiger partial charge is 0.232 e. The van der Waals surface area contributed by atoms with Crippen molar-refractivity contribution in [2.24, 2.45) is 5.92 Å². The molecule has 3 heterocycles. The van der Waals surface area contributed by atoms with E-state index in [4.69, 9.17) is 10.7 Å². The molecule has 0 bridgehead atoms. The minimum atomic E-state index is -3.70. The van der Waals surface area contributed by atoms with Gasteiger partial charge < -0.3 is 0 Å². The normalized spacial score (nSPS) is 18.6. The van der Waals surface area contributed by atoms with Crippen molar-refractivity contribution in [1.29, 1.82) is 5.26 Å². The zero-order valence-electron chi connectivity index (χ0n) is 12.1. The molecule has 0 radical (unpaired) electrons. The van der Waals surface area contributed by atoms with Gasteiger partial charge in [-0.2, -0.15) is 14.9 Å². The van der Waals surface area contributed by atoms with Gasteiger partial charge in [0.1, 0.15) is 11.6 Å². The van der Waals surface area contributed by atoms with Gasteiger partial charge in [0.25, 0.3) is 0 Å². The van der Waals surface area contributed by atoms with Gasteiger partial charge in [0.15, 0.2) is 11.5 Å². The monoisotopic (exact) mass is 353 g/mol. The van der Waals surface area contributed by atoms with Gasteiger partial charge in [-0.25, -0.2) is 13.4 Å². The van der Waals surface area contributed by atoms with E-state index >= 15 is 0 Å². The first-order valence-electron chi connectivity index (χ1n) is 6.76. The van der Waals surface area contributed by atoms with Crippen LogP contribution in [0.2, 0.25) is 0 Å². The van der Waals surface area contributed by atoms with Gasteiger partial charge in [0.05, 0.1) is 17.6 Å². The van der Waals surface area contributed by atoms with Crippen molar-refractivity contribution in [2.75, 3.05) is 17.2 Å². The van der Waals surface area contributed by atoms with Crippen LogP contribution in [0, 0.1) is 24.2 Å². The third-order valence-electron chi connectivity index (χ3n) is 3.60. The Bertz CT molecular complexity index is 946. The van der Waals surface area contributed by atoms with E-state index in [1.54, 1.807) is 13.0 Å². The van der Waals surface area contributed by atoms with Crippen LogP contribution in [0.5, 0.6) is 0 Å². The minimum Gasteiger partial charge on any atom is -0.295 e. The third-order valence-corrected chi connectivity index (χ3v) is 4.84. The molecule has 2 aromatic rings. The Balaban J connectivity index is 2.06. The molecule has 1 aliphatic rings. The Kier molecular flexibility index (Phi) is 3.74. The molecule has 8 nitrogen and oxygen atoms in total. The quantitative estimate of drug-likeness (QED) is 0.756. The lowest BCUT2D eigenvalue weighted by molar-refractivity contribution is -0.117. The predicted octanol–water partition coefficient (Wildman–Crippen LogP) is 0.831. The number of hydrogen-bond acceptors (Lipinski definition) is 6. The zero-order chi connectivity index (χ0) is 16.8. The average Bonchev–Trinajstić information content (AvgIpc) is 2.97. The third kappa shape index (κ3) is 3.00. The number of nitrogens with zero attached hydrogens (tertiary/aromatic N) is 5. The number of halogens is 1. The van der Waals surface area contributed by atoms with Crippen LogP contribution in [0.1, 0.15) is 17.7 Å². The van der Waals surface area contributed by atoms with Crippen LogP contribution >= 0.6 is 10.7 Å². The Hall–Kier alpha value is -2.18. The van der Waals surface area contributed by atoms with Crippen LogP contribution in [0.25, 0.3) is 5.65 Å². The van der Waals surface area contributed by atoms with E-state index in [2.05, 4.69) is 10.1 Å². The number of carbonyl (C=O) groups is 1. The van der Waals surface area contributed by atoms with Crippen molar-refractivity contribution < 1.29 is 13.2 Å². The second-order valence-corrected chi connectivity index (χ2v) is 8.26. The van der Waals surface area contributed by atoms with Gasteiger partial charge >= 0.3 is 0 Å². The fourth-order valence-corrected chi connectivity index (χ4v) is 4.08. The van der Waals surface area contributed by atoms with Crippen LogP contribution in [0.3, 0.4) is 0 Å². The highest BCUT2D eigenvalue weighted by Gasteiger charge is 2.35. The molecule has 10 heteroatoms. The molecular weight excluding hydrogens is 342 g/mol. The van der Waals surface area contributed by atoms with Crippen molar-refractivity contribution >= 4 is 37.1 Å². The van der Waals surface area contributed by atoms with E-state index in [9.17, 15) is 18.5 Å². The molecule has 2 aromatic heterocycles. The van der Waals surface area contributed by atoms with Gasteiger partial charge in [-0.05, 0) is 6.92 Å². The number of amides is 1. The van der Waals surface area contributed by atoms with Crippen LogP contribution in [-0.2, 0) is 13.8 Å². The van der Waals surface area contributed by atoms with E-state index in [1.165, 1.54) is 15.6 Å². The Morgan fingerprint density at radius 1 is 1.52 bits per heavy atom. The molecule has 0 spiro atoms. The maximum absolute atomic E-state index is 12.3. The summed E-state index contributed by atoms with van der Waals surface area (Å²) in [5.41, 5.74) is 1.40. The van der Waals surface area contributed by atoms with Crippen molar-refractivity contribution in [2.45, 2.75) is 13.3 Å². The maximum atomic E-state index is 12.3. The average molecular weight is 354 g/mol. The first-order chi connectivity index (χ1) is 10.8. The molecule has 120 valence electrons. The van der Waals surface area contributed by atoms with Gasteiger partial charge in [-0.3, -0.25) is 9.69 Å². The number of rotatable bonds is 3. The highest BCUT2D eigenvalue weighted by molar-refractivity contribution is 8.13. The molecule has 0 N–H and O–H groups in total. The molecule has 1 fully saturated rings. The summed E-state index contributed by atoms with van der Waals surface area (Å²) in [6.07, 6.45) is 1.44. The number of anilines is 1. The molecule has 0 saturated carbocycles. The summed E-state index contributed by atoms with van der Waals surface area (Å²) in [7, 11) is 1.58. The standard InChI is InChI=1S/C13H12ClN5O3S/c1-8-2-11-16-5-10(4-15)13(19(11)17-8)18-6-9(3-12(18)20)7-23(14,21)22/h2,5,9H,3,6-7H2,1H3. The number of aryl methyl sites for hydroxylation is 1. The molecule has 0 aliphatic carbocycles. The summed E-state index contributed by atoms with van der Waals surface area (Å²) in [4.78, 5) is 17.8. The van der Waals surface area contributed by atoms with E-state index < -0.39 is 15.0 Å². The molecule has 1 unspecified atom stereocenters. The zero-order valence-corrected chi connectivity index (χ0v) is 13.7. The van der Waals surface area contributed by atoms with Crippen molar-refractivity contribution in [3.8, 4) is 6.07 Å². The van der Waals surface area contributed by atoms with E-state index in [-0.39, 0.29) is 30.2 Å². The molecule has 1 atom stereocenters. The number of fused-ring (bicyclic) bond motifs is 1. The number of aromatic nitrogens is 3. The lowest BCUT2D eigenvalue weighted by Crippen LogP contribution is -2.28. The summed E-state index contributed by atoms with van der Waals surface area (Å²) in [5, 5.41) is 13.6. The molecule has 0 aromatic carbocycles. The SMILES string of the molecule is Cc1cc2ncc(C#N)c(N3CC(CS(=O)(=O)Cl)CC3=O)n2n1. The van der Waals surface area contributed by atoms with E-state index in [0.717, 1.165) is 0 Å². The molecule has 23 heavy (non-hydrogen) atoms. The van der Waals surface area contributed by atoms with Gasteiger partial charge in [-0.15, -0.1) is 0 Å². The predicted molar refractivity (Wildman–Crippen MR) is 82.5 cm³/mol. The summed E-state index contributed by atoms with van der Waals surface area (Å²) in [5.74, 6) is -0.667. The fourth-order valence-electron chi connectivity index (χ4n) is 2.75. The molecule has 1 saturated heterocycles. The molecule has 1 aliphatic heterocycles. The van der Waals surface area contributed by atoms with E-state index in [0.29, 0.717) is 17.2 Å². The summed E-state index contributed by atoms with van der Waals surface area (Å²) >= 11 is 0. The topological polar surface area (TPSA) is 108 Å². The van der Waals surface area contributed by atoms with Gasteiger partial charge in [0, 0.05) is 35.6 Å². The van der Waals surface area contributed by atoms with Gasteiger partial charge in [-0.1, -0.05) is 0 Å². The van der Waals surface area contributed by atoms with Crippen LogP contribution in [0.4, 0.5) is 5.82 Å². The Labute approximate surface area is 136 Å². The van der Waals surface area contributed by atoms with Crippen LogP contribution < -0.4 is 4.90 Å². The van der Waals surface area contributed by atoms with Crippen molar-refractivity contribution in [3.63, 3.8) is 0 Å². The summed E-state index contributed by atoms with van der Waals surface area (Å²) in [6, 6.07) is 3.72. The second kappa shape index (κ2) is 5.47. The lowest BCUT2D eigenvalue weighted by Gasteiger charge is -2.18. The van der Waals surface area contributed by atoms with Gasteiger partial charge in [0.2, 0.25) is 15.0 Å². The summed E-state index contributed by atoms with van der Waals surface area (Å²) in [6.45, 7) is 1.94. The van der Waals surface area contributed by atoms with Crippen molar-refractivity contribution in [1.82, 2.24) is 14.6 Å². The fraction of sp³-hybridized carbons (Fsp3) is 0.385. The number of nitriles is 1. The maximum Gasteiger partial charge on any atom is 0.232 e. The second-order valence-electron chi connectivity index (χ2n) is 5.44. The minimum absolute atomic E-state index is 0.0564. The first-order valence-corrected chi connectivity index (χ1v) is 9.24. The lowest BCUT2D eigenvalue weighted by atomic mass is 10.1. The Morgan fingerprint density at radius 3 is 2.91 bits per heavy atom. The number of carbonyl (C=O) groups excluding carboxylic acids is 1. The van der Waals surface area contributed by atoms with E-state index in [1.807, 2.05) is 6.07 Å². The molecule has 3 rings (SSSR count). The number of hydrogen-bond donors (Lipinski definition) is 0. The summed E-state index contributed by atoms with van der Waals surface area (Å²) < 4.78 is 23.9. The first kappa shape index (κ1) is 15.7. The highest BCUT2D eigenvalue weighted by atomic mass is 35.7. The van der Waals surface area contributed by atoms with Crippen LogP contribution in [-0.4, -0.2) is 41.2 Å². The largest absolute Gasteiger partial charge is 0.295 e. The van der Waals surface area contributed by atoms with Crippen LogP contribution in [0.15, 0.2) is 12.3 Å². The molecular formula is C13H12ClN5O3S. The molecule has 1 amide bonds. The Morgan fingerprint density at radius 2 is 2.26 bits per heavy atom. The van der Waals surface area contributed by atoms with Crippen molar-refractivity contribution in [3.05, 3.63) is 23.5 Å². The highest BCUT2D eigenvalue weighted by Crippen LogP contribution is 2.29.